The number of halogens is 1. The van der Waals surface area contributed by atoms with E-state index in [-0.39, 0.29) is 17.0 Å². The van der Waals surface area contributed by atoms with Gasteiger partial charge in [-0.3, -0.25) is 9.59 Å². The number of nitrogens with zero attached hydrogens (tertiary/aromatic N) is 1. The Morgan fingerprint density at radius 2 is 1.80 bits per heavy atom. The first-order chi connectivity index (χ1) is 11.6. The number of hydrogen-bond donors (Lipinski definition) is 2. The van der Waals surface area contributed by atoms with Crippen molar-refractivity contribution in [1.82, 2.24) is 10.3 Å². The average molecular weight is 362 g/mol. The predicted molar refractivity (Wildman–Crippen MR) is 101 cm³/mol. The van der Waals surface area contributed by atoms with Crippen molar-refractivity contribution in [1.29, 1.82) is 0 Å². The lowest BCUT2D eigenvalue weighted by Gasteiger charge is -2.15. The predicted octanol–water partition coefficient (Wildman–Crippen LogP) is 3.67. The van der Waals surface area contributed by atoms with Crippen LogP contribution in [-0.4, -0.2) is 23.8 Å². The molecule has 1 aromatic carbocycles. The molecule has 134 valence electrons. The second-order valence-electron chi connectivity index (χ2n) is 6.69. The molecule has 2 rings (SSSR count). The van der Waals surface area contributed by atoms with E-state index < -0.39 is 5.91 Å². The van der Waals surface area contributed by atoms with Gasteiger partial charge in [-0.2, -0.15) is 0 Å². The Bertz CT molecular complexity index is 739. The summed E-state index contributed by atoms with van der Waals surface area (Å²) in [7, 11) is 1.66. The molecule has 0 bridgehead atoms. The first kappa shape index (κ1) is 20.6. The van der Waals surface area contributed by atoms with E-state index in [0.29, 0.717) is 17.1 Å². The fourth-order valence-electron chi connectivity index (χ4n) is 1.95. The monoisotopic (exact) mass is 361 g/mol. The SMILES string of the molecule is CNC(=O)CC(C)(C)C.NC(=O)c1cccc(-c2cccc(Cl)c2)n1. The molecule has 0 atom stereocenters. The van der Waals surface area contributed by atoms with Gasteiger partial charge in [0.15, 0.2) is 0 Å². The molecule has 0 spiro atoms. The van der Waals surface area contributed by atoms with Gasteiger partial charge in [0.1, 0.15) is 5.69 Å². The summed E-state index contributed by atoms with van der Waals surface area (Å²) in [6, 6.07) is 12.4. The number of primary amides is 1. The first-order valence-corrected chi connectivity index (χ1v) is 8.23. The summed E-state index contributed by atoms with van der Waals surface area (Å²) >= 11 is 5.88. The highest BCUT2D eigenvalue weighted by molar-refractivity contribution is 6.30. The topological polar surface area (TPSA) is 85.1 Å². The van der Waals surface area contributed by atoms with Gasteiger partial charge in [0.2, 0.25) is 5.91 Å². The highest BCUT2D eigenvalue weighted by Crippen LogP contribution is 2.21. The number of carbonyl (C=O) groups is 2. The number of benzene rings is 1. The zero-order valence-electron chi connectivity index (χ0n) is 15.0. The molecule has 2 aromatic rings. The molecule has 0 unspecified atom stereocenters. The summed E-state index contributed by atoms with van der Waals surface area (Å²) in [5.41, 5.74) is 7.06. The largest absolute Gasteiger partial charge is 0.364 e. The average Bonchev–Trinajstić information content (AvgIpc) is 2.54. The van der Waals surface area contributed by atoms with Crippen LogP contribution < -0.4 is 11.1 Å². The third-order valence-electron chi connectivity index (χ3n) is 3.09. The van der Waals surface area contributed by atoms with Crippen molar-refractivity contribution >= 4 is 23.4 Å². The van der Waals surface area contributed by atoms with E-state index in [1.165, 1.54) is 0 Å². The van der Waals surface area contributed by atoms with Crippen molar-refractivity contribution in [2.75, 3.05) is 7.05 Å². The number of amides is 2. The number of pyridine rings is 1. The van der Waals surface area contributed by atoms with E-state index in [9.17, 15) is 9.59 Å². The second-order valence-corrected chi connectivity index (χ2v) is 7.13. The molecule has 0 aliphatic heterocycles. The fourth-order valence-corrected chi connectivity index (χ4v) is 2.14. The van der Waals surface area contributed by atoms with Gasteiger partial charge < -0.3 is 11.1 Å². The minimum absolute atomic E-state index is 0.111. The minimum Gasteiger partial charge on any atom is -0.364 e. The Labute approximate surface area is 153 Å². The third kappa shape index (κ3) is 7.81. The molecule has 1 heterocycles. The van der Waals surface area contributed by atoms with Crippen LogP contribution in [0, 0.1) is 5.41 Å². The molecule has 3 N–H and O–H groups in total. The van der Waals surface area contributed by atoms with Crippen molar-refractivity contribution in [3.8, 4) is 11.3 Å². The molecule has 0 fully saturated rings. The fraction of sp³-hybridized carbons (Fsp3) is 0.316. The van der Waals surface area contributed by atoms with Crippen molar-refractivity contribution in [2.24, 2.45) is 11.1 Å². The van der Waals surface area contributed by atoms with Crippen LogP contribution in [0.4, 0.5) is 0 Å². The lowest BCUT2D eigenvalue weighted by Crippen LogP contribution is -2.23. The summed E-state index contributed by atoms with van der Waals surface area (Å²) in [6.07, 6.45) is 0.601. The Morgan fingerprint density at radius 3 is 2.28 bits per heavy atom. The Kier molecular flexibility index (Phi) is 7.58. The van der Waals surface area contributed by atoms with Gasteiger partial charge in [0, 0.05) is 24.1 Å². The van der Waals surface area contributed by atoms with Crippen LogP contribution in [-0.2, 0) is 4.79 Å². The van der Waals surface area contributed by atoms with Crippen LogP contribution in [0.15, 0.2) is 42.5 Å². The molecule has 5 nitrogen and oxygen atoms in total. The number of nitrogens with two attached hydrogens (primary N) is 1. The van der Waals surface area contributed by atoms with Gasteiger partial charge in [-0.1, -0.05) is 50.6 Å². The molecule has 1 aromatic heterocycles. The van der Waals surface area contributed by atoms with E-state index >= 15 is 0 Å². The standard InChI is InChI=1S/C12H9ClN2O.C7H15NO/c13-9-4-1-3-8(7-9)10-5-2-6-11(15-10)12(14)16;1-7(2,3)5-6(9)8-4/h1-7H,(H2,14,16);5H2,1-4H3,(H,8,9). The summed E-state index contributed by atoms with van der Waals surface area (Å²) < 4.78 is 0. The van der Waals surface area contributed by atoms with Gasteiger partial charge in [-0.15, -0.1) is 0 Å². The van der Waals surface area contributed by atoms with Crippen LogP contribution >= 0.6 is 11.6 Å². The van der Waals surface area contributed by atoms with Crippen molar-refractivity contribution in [3.63, 3.8) is 0 Å². The van der Waals surface area contributed by atoms with Crippen LogP contribution in [0.3, 0.4) is 0 Å². The zero-order chi connectivity index (χ0) is 19.0. The lowest BCUT2D eigenvalue weighted by molar-refractivity contribution is -0.122. The van der Waals surface area contributed by atoms with Gasteiger partial charge in [-0.05, 0) is 29.7 Å². The molecule has 0 radical (unpaired) electrons. The highest BCUT2D eigenvalue weighted by atomic mass is 35.5. The maximum absolute atomic E-state index is 11.0. The summed E-state index contributed by atoms with van der Waals surface area (Å²) in [5, 5.41) is 3.21. The lowest BCUT2D eigenvalue weighted by atomic mass is 9.92. The maximum Gasteiger partial charge on any atom is 0.267 e. The number of aromatic nitrogens is 1. The molecular formula is C19H24ClN3O2. The molecule has 0 saturated heterocycles. The molecule has 25 heavy (non-hydrogen) atoms. The Balaban J connectivity index is 0.000000299. The number of carbonyl (C=O) groups excluding carboxylic acids is 2. The normalized spacial score (nSPS) is 10.4. The molecular weight excluding hydrogens is 338 g/mol. The molecule has 6 heteroatoms. The maximum atomic E-state index is 11.0. The van der Waals surface area contributed by atoms with E-state index in [0.717, 1.165) is 5.56 Å². The number of rotatable bonds is 3. The zero-order valence-corrected chi connectivity index (χ0v) is 15.7. The summed E-state index contributed by atoms with van der Waals surface area (Å²) in [6.45, 7) is 6.13. The van der Waals surface area contributed by atoms with Crippen molar-refractivity contribution < 1.29 is 9.59 Å². The number of hydrogen-bond acceptors (Lipinski definition) is 3. The van der Waals surface area contributed by atoms with Gasteiger partial charge in [0.05, 0.1) is 5.69 Å². The summed E-state index contributed by atoms with van der Waals surface area (Å²) in [4.78, 5) is 25.9. The van der Waals surface area contributed by atoms with E-state index in [1.807, 2.05) is 32.9 Å². The van der Waals surface area contributed by atoms with Crippen LogP contribution in [0.2, 0.25) is 5.02 Å². The minimum atomic E-state index is -0.538. The molecule has 0 saturated carbocycles. The Hall–Kier alpha value is -2.40. The van der Waals surface area contributed by atoms with Crippen LogP contribution in [0.25, 0.3) is 11.3 Å². The van der Waals surface area contributed by atoms with Crippen LogP contribution in [0.5, 0.6) is 0 Å². The van der Waals surface area contributed by atoms with E-state index in [1.54, 1.807) is 37.4 Å². The van der Waals surface area contributed by atoms with Crippen molar-refractivity contribution in [3.05, 3.63) is 53.2 Å². The van der Waals surface area contributed by atoms with Crippen LogP contribution in [0.1, 0.15) is 37.7 Å². The first-order valence-electron chi connectivity index (χ1n) is 7.86. The number of nitrogens with one attached hydrogen (secondary N) is 1. The van der Waals surface area contributed by atoms with Crippen molar-refractivity contribution in [2.45, 2.75) is 27.2 Å². The molecule has 0 aliphatic rings. The van der Waals surface area contributed by atoms with Gasteiger partial charge >= 0.3 is 0 Å². The highest BCUT2D eigenvalue weighted by Gasteiger charge is 2.13. The smallest absolute Gasteiger partial charge is 0.267 e. The van der Waals surface area contributed by atoms with Gasteiger partial charge in [-0.25, -0.2) is 4.98 Å². The molecule has 2 amide bonds. The van der Waals surface area contributed by atoms with Gasteiger partial charge in [0.25, 0.3) is 5.91 Å². The Morgan fingerprint density at radius 1 is 1.16 bits per heavy atom. The summed E-state index contributed by atoms with van der Waals surface area (Å²) in [5.74, 6) is -0.425. The molecule has 0 aliphatic carbocycles. The van der Waals surface area contributed by atoms with E-state index in [4.69, 9.17) is 17.3 Å². The van der Waals surface area contributed by atoms with E-state index in [2.05, 4.69) is 10.3 Å². The quantitative estimate of drug-likeness (QED) is 0.874. The third-order valence-corrected chi connectivity index (χ3v) is 3.33. The second kappa shape index (κ2) is 9.18.